The molecule has 2 heterocycles. The van der Waals surface area contributed by atoms with E-state index in [1.54, 1.807) is 11.3 Å². The predicted octanol–water partition coefficient (Wildman–Crippen LogP) is 3.11. The molecule has 2 aromatic heterocycles. The number of fused-ring (bicyclic) bond motifs is 1. The lowest BCUT2D eigenvalue weighted by Crippen LogP contribution is -2.12. The molecule has 92 valence electrons. The number of rotatable bonds is 3. The first-order chi connectivity index (χ1) is 8.08. The molecule has 0 saturated heterocycles. The van der Waals surface area contributed by atoms with Crippen LogP contribution in [0.4, 0.5) is 5.82 Å². The van der Waals surface area contributed by atoms with Crippen LogP contribution in [0.15, 0.2) is 0 Å². The molecule has 0 aliphatic carbocycles. The summed E-state index contributed by atoms with van der Waals surface area (Å²) < 4.78 is 0. The number of thiophene rings is 1. The molecule has 2 rings (SSSR count). The molecular weight excluding hydrogens is 232 g/mol. The summed E-state index contributed by atoms with van der Waals surface area (Å²) in [4.78, 5) is 11.5. The minimum absolute atomic E-state index is 0.356. The lowest BCUT2D eigenvalue weighted by molar-refractivity contribution is 0.684. The van der Waals surface area contributed by atoms with E-state index in [9.17, 15) is 0 Å². The minimum Gasteiger partial charge on any atom is -0.308 e. The van der Waals surface area contributed by atoms with E-state index < -0.39 is 0 Å². The normalized spacial score (nSPS) is 13.0. The van der Waals surface area contributed by atoms with Crippen LogP contribution in [0.25, 0.3) is 10.2 Å². The molecule has 0 bridgehead atoms. The van der Waals surface area contributed by atoms with Gasteiger partial charge >= 0.3 is 0 Å². The van der Waals surface area contributed by atoms with Gasteiger partial charge in [0.15, 0.2) is 5.82 Å². The smallest absolute Gasteiger partial charge is 0.152 e. The Morgan fingerprint density at radius 3 is 2.65 bits per heavy atom. The average molecular weight is 250 g/mol. The summed E-state index contributed by atoms with van der Waals surface area (Å²) in [5.74, 6) is 7.54. The summed E-state index contributed by atoms with van der Waals surface area (Å²) in [5.41, 5.74) is 3.92. The van der Waals surface area contributed by atoms with Crippen LogP contribution < -0.4 is 11.3 Å². The van der Waals surface area contributed by atoms with E-state index in [0.717, 1.165) is 28.3 Å². The van der Waals surface area contributed by atoms with Crippen LogP contribution in [0, 0.1) is 13.8 Å². The first-order valence-electron chi connectivity index (χ1n) is 5.82. The van der Waals surface area contributed by atoms with Crippen molar-refractivity contribution in [3.8, 4) is 0 Å². The van der Waals surface area contributed by atoms with Gasteiger partial charge in [0.25, 0.3) is 0 Å². The van der Waals surface area contributed by atoms with Crippen LogP contribution in [0.1, 0.15) is 42.5 Å². The standard InChI is InChI=1S/C12H18N4S/c1-5-6(2)10-14-11(16-13)9-7(3)8(4)17-12(9)15-10/h6H,5,13H2,1-4H3,(H,14,15,16). The Hall–Kier alpha value is -1.20. The van der Waals surface area contributed by atoms with E-state index in [-0.39, 0.29) is 0 Å². The fourth-order valence-corrected chi connectivity index (χ4v) is 2.81. The van der Waals surface area contributed by atoms with E-state index in [1.807, 2.05) is 0 Å². The van der Waals surface area contributed by atoms with Crippen molar-refractivity contribution in [2.75, 3.05) is 5.43 Å². The number of anilines is 1. The van der Waals surface area contributed by atoms with Crippen molar-refractivity contribution in [2.45, 2.75) is 40.0 Å². The highest BCUT2D eigenvalue weighted by Crippen LogP contribution is 2.34. The van der Waals surface area contributed by atoms with Gasteiger partial charge in [0.2, 0.25) is 0 Å². The second-order valence-corrected chi connectivity index (χ2v) is 5.55. The number of aromatic nitrogens is 2. The van der Waals surface area contributed by atoms with Gasteiger partial charge in [-0.15, -0.1) is 11.3 Å². The third-order valence-electron chi connectivity index (χ3n) is 3.24. The maximum Gasteiger partial charge on any atom is 0.152 e. The molecule has 0 aliphatic rings. The number of nitrogens with zero attached hydrogens (tertiary/aromatic N) is 2. The molecule has 0 aliphatic heterocycles. The summed E-state index contributed by atoms with van der Waals surface area (Å²) in [6.45, 7) is 8.46. The Labute approximate surface area is 105 Å². The Kier molecular flexibility index (Phi) is 3.31. The van der Waals surface area contributed by atoms with Crippen molar-refractivity contribution in [2.24, 2.45) is 5.84 Å². The van der Waals surface area contributed by atoms with Crippen LogP contribution >= 0.6 is 11.3 Å². The first kappa shape index (κ1) is 12.3. The quantitative estimate of drug-likeness (QED) is 0.649. The lowest BCUT2D eigenvalue weighted by atomic mass is 10.1. The summed E-state index contributed by atoms with van der Waals surface area (Å²) in [6.07, 6.45) is 1.03. The average Bonchev–Trinajstić information content (AvgIpc) is 2.63. The second kappa shape index (κ2) is 4.58. The van der Waals surface area contributed by atoms with Crippen molar-refractivity contribution >= 4 is 27.4 Å². The number of hydrogen-bond acceptors (Lipinski definition) is 5. The largest absolute Gasteiger partial charge is 0.308 e. The summed E-state index contributed by atoms with van der Waals surface area (Å²) in [5, 5.41) is 1.06. The van der Waals surface area contributed by atoms with E-state index in [2.05, 4.69) is 43.1 Å². The highest BCUT2D eigenvalue weighted by atomic mass is 32.1. The van der Waals surface area contributed by atoms with Crippen molar-refractivity contribution in [1.82, 2.24) is 9.97 Å². The van der Waals surface area contributed by atoms with Crippen molar-refractivity contribution in [3.63, 3.8) is 0 Å². The number of hydrogen-bond donors (Lipinski definition) is 2. The SMILES string of the molecule is CCC(C)c1nc(NN)c2c(C)c(C)sc2n1. The molecular formula is C12H18N4S. The molecule has 0 radical (unpaired) electrons. The Bertz CT molecular complexity index is 547. The van der Waals surface area contributed by atoms with Crippen LogP contribution in [0.2, 0.25) is 0 Å². The molecule has 0 spiro atoms. The van der Waals surface area contributed by atoms with Crippen molar-refractivity contribution in [1.29, 1.82) is 0 Å². The van der Waals surface area contributed by atoms with Gasteiger partial charge in [-0.2, -0.15) is 0 Å². The van der Waals surface area contributed by atoms with E-state index >= 15 is 0 Å². The molecule has 5 heteroatoms. The Morgan fingerprint density at radius 1 is 1.35 bits per heavy atom. The van der Waals surface area contributed by atoms with Gasteiger partial charge in [-0.1, -0.05) is 13.8 Å². The number of nitrogens with two attached hydrogens (primary N) is 1. The first-order valence-corrected chi connectivity index (χ1v) is 6.64. The summed E-state index contributed by atoms with van der Waals surface area (Å²) in [7, 11) is 0. The van der Waals surface area contributed by atoms with Crippen LogP contribution in [-0.4, -0.2) is 9.97 Å². The van der Waals surface area contributed by atoms with E-state index in [1.165, 1.54) is 10.4 Å². The molecule has 0 saturated carbocycles. The molecule has 4 nitrogen and oxygen atoms in total. The monoisotopic (exact) mass is 250 g/mol. The molecule has 2 aromatic rings. The third kappa shape index (κ3) is 2.00. The van der Waals surface area contributed by atoms with Crippen LogP contribution in [0.5, 0.6) is 0 Å². The fraction of sp³-hybridized carbons (Fsp3) is 0.500. The molecule has 0 amide bonds. The third-order valence-corrected chi connectivity index (χ3v) is 4.34. The van der Waals surface area contributed by atoms with Crippen molar-refractivity contribution < 1.29 is 0 Å². The maximum atomic E-state index is 5.57. The fourth-order valence-electron chi connectivity index (χ4n) is 1.77. The van der Waals surface area contributed by atoms with Gasteiger partial charge in [-0.25, -0.2) is 15.8 Å². The number of nitrogen functional groups attached to an aromatic ring is 1. The highest BCUT2D eigenvalue weighted by molar-refractivity contribution is 7.18. The zero-order valence-corrected chi connectivity index (χ0v) is 11.5. The lowest BCUT2D eigenvalue weighted by Gasteiger charge is -2.10. The van der Waals surface area contributed by atoms with Gasteiger partial charge in [0.1, 0.15) is 10.7 Å². The second-order valence-electron chi connectivity index (χ2n) is 4.35. The zero-order chi connectivity index (χ0) is 12.6. The highest BCUT2D eigenvalue weighted by Gasteiger charge is 2.16. The molecule has 1 atom stereocenters. The zero-order valence-electron chi connectivity index (χ0n) is 10.7. The predicted molar refractivity (Wildman–Crippen MR) is 73.4 cm³/mol. The van der Waals surface area contributed by atoms with Gasteiger partial charge in [0.05, 0.1) is 5.39 Å². The number of nitrogens with one attached hydrogen (secondary N) is 1. The molecule has 0 fully saturated rings. The van der Waals surface area contributed by atoms with E-state index in [4.69, 9.17) is 5.84 Å². The van der Waals surface area contributed by atoms with Gasteiger partial charge in [-0.3, -0.25) is 0 Å². The molecule has 1 unspecified atom stereocenters. The molecule has 17 heavy (non-hydrogen) atoms. The molecule has 0 aromatic carbocycles. The van der Waals surface area contributed by atoms with Crippen LogP contribution in [0.3, 0.4) is 0 Å². The Morgan fingerprint density at radius 2 is 2.06 bits per heavy atom. The summed E-state index contributed by atoms with van der Waals surface area (Å²) in [6, 6.07) is 0. The topological polar surface area (TPSA) is 63.8 Å². The van der Waals surface area contributed by atoms with Gasteiger partial charge < -0.3 is 5.43 Å². The number of aryl methyl sites for hydroxylation is 2. The Balaban J connectivity index is 2.70. The number of hydrazine groups is 1. The maximum absolute atomic E-state index is 5.57. The molecule has 3 N–H and O–H groups in total. The van der Waals surface area contributed by atoms with Gasteiger partial charge in [0, 0.05) is 10.8 Å². The van der Waals surface area contributed by atoms with Gasteiger partial charge in [-0.05, 0) is 25.8 Å². The van der Waals surface area contributed by atoms with Crippen molar-refractivity contribution in [3.05, 3.63) is 16.3 Å². The van der Waals surface area contributed by atoms with Crippen LogP contribution in [-0.2, 0) is 0 Å². The van der Waals surface area contributed by atoms with E-state index in [0.29, 0.717) is 5.92 Å². The minimum atomic E-state index is 0.356. The summed E-state index contributed by atoms with van der Waals surface area (Å²) >= 11 is 1.70.